The van der Waals surface area contributed by atoms with Gasteiger partial charge in [0.1, 0.15) is 0 Å². The molecule has 114 valence electrons. The van der Waals surface area contributed by atoms with Crippen LogP contribution in [0.3, 0.4) is 0 Å². The number of halogens is 1. The fourth-order valence-corrected chi connectivity index (χ4v) is 4.38. The van der Waals surface area contributed by atoms with Crippen LogP contribution < -0.4 is 5.32 Å². The van der Waals surface area contributed by atoms with E-state index >= 15 is 0 Å². The molecule has 0 amide bonds. The SMILES string of the molecule is CCC(C)C1CN(Cc2ccc(Br)s2)C(C)(CC)CN1. The molecule has 0 aliphatic carbocycles. The molecule has 1 saturated heterocycles. The Morgan fingerprint density at radius 1 is 1.50 bits per heavy atom. The van der Waals surface area contributed by atoms with Crippen LogP contribution in [0.2, 0.25) is 0 Å². The Morgan fingerprint density at radius 2 is 2.25 bits per heavy atom. The molecule has 1 aliphatic rings. The van der Waals surface area contributed by atoms with Crippen LogP contribution in [0.15, 0.2) is 15.9 Å². The van der Waals surface area contributed by atoms with Crippen molar-refractivity contribution >= 4 is 27.3 Å². The second-order valence-corrected chi connectivity index (χ2v) is 8.86. The Labute approximate surface area is 136 Å². The number of nitrogens with zero attached hydrogens (tertiary/aromatic N) is 1. The number of piperazine rings is 1. The zero-order chi connectivity index (χ0) is 14.8. The highest BCUT2D eigenvalue weighted by molar-refractivity contribution is 9.11. The highest BCUT2D eigenvalue weighted by atomic mass is 79.9. The molecule has 20 heavy (non-hydrogen) atoms. The van der Waals surface area contributed by atoms with Gasteiger partial charge in [0.05, 0.1) is 3.79 Å². The van der Waals surface area contributed by atoms with Crippen molar-refractivity contribution in [3.63, 3.8) is 0 Å². The third-order valence-electron chi connectivity index (χ3n) is 4.99. The first-order chi connectivity index (χ1) is 9.48. The summed E-state index contributed by atoms with van der Waals surface area (Å²) in [6.45, 7) is 12.7. The summed E-state index contributed by atoms with van der Waals surface area (Å²) < 4.78 is 1.24. The maximum absolute atomic E-state index is 3.78. The summed E-state index contributed by atoms with van der Waals surface area (Å²) in [5.41, 5.74) is 0.278. The van der Waals surface area contributed by atoms with Crippen LogP contribution >= 0.6 is 27.3 Å². The Kier molecular flexibility index (Phi) is 5.69. The molecular formula is C16H27BrN2S. The highest BCUT2D eigenvalue weighted by Gasteiger charge is 2.37. The van der Waals surface area contributed by atoms with E-state index in [2.05, 4.69) is 66.0 Å². The zero-order valence-electron chi connectivity index (χ0n) is 13.1. The summed E-state index contributed by atoms with van der Waals surface area (Å²) >= 11 is 5.44. The third kappa shape index (κ3) is 3.65. The Bertz CT molecular complexity index is 434. The molecule has 3 unspecified atom stereocenters. The van der Waals surface area contributed by atoms with Crippen molar-refractivity contribution in [3.8, 4) is 0 Å². The van der Waals surface area contributed by atoms with Gasteiger partial charge in [0.2, 0.25) is 0 Å². The van der Waals surface area contributed by atoms with Gasteiger partial charge in [-0.3, -0.25) is 4.90 Å². The van der Waals surface area contributed by atoms with Crippen molar-refractivity contribution < 1.29 is 0 Å². The van der Waals surface area contributed by atoms with Gasteiger partial charge in [0.15, 0.2) is 0 Å². The minimum Gasteiger partial charge on any atom is -0.311 e. The van der Waals surface area contributed by atoms with Crippen molar-refractivity contribution in [1.29, 1.82) is 0 Å². The van der Waals surface area contributed by atoms with Crippen LogP contribution in [0.5, 0.6) is 0 Å². The maximum atomic E-state index is 3.78. The molecule has 1 aliphatic heterocycles. The Balaban J connectivity index is 2.11. The van der Waals surface area contributed by atoms with Crippen molar-refractivity contribution in [2.24, 2.45) is 5.92 Å². The van der Waals surface area contributed by atoms with Crippen LogP contribution in [0, 0.1) is 5.92 Å². The lowest BCUT2D eigenvalue weighted by Crippen LogP contribution is -2.63. The Hall–Kier alpha value is 0.1000. The lowest BCUT2D eigenvalue weighted by atomic mass is 9.88. The van der Waals surface area contributed by atoms with Crippen molar-refractivity contribution in [1.82, 2.24) is 10.2 Å². The first-order valence-corrected chi connectivity index (χ1v) is 9.32. The maximum Gasteiger partial charge on any atom is 0.0701 e. The number of thiophene rings is 1. The topological polar surface area (TPSA) is 15.3 Å². The fourth-order valence-electron chi connectivity index (χ4n) is 2.88. The van der Waals surface area contributed by atoms with E-state index < -0.39 is 0 Å². The summed E-state index contributed by atoms with van der Waals surface area (Å²) in [7, 11) is 0. The van der Waals surface area contributed by atoms with Crippen LogP contribution in [-0.2, 0) is 6.54 Å². The second kappa shape index (κ2) is 6.91. The summed E-state index contributed by atoms with van der Waals surface area (Å²) in [5.74, 6) is 0.744. The van der Waals surface area contributed by atoms with Gasteiger partial charge in [-0.25, -0.2) is 0 Å². The molecule has 1 fully saturated rings. The smallest absolute Gasteiger partial charge is 0.0701 e. The monoisotopic (exact) mass is 358 g/mol. The normalized spacial score (nSPS) is 29.6. The fraction of sp³-hybridized carbons (Fsp3) is 0.750. The van der Waals surface area contributed by atoms with E-state index in [0.29, 0.717) is 6.04 Å². The van der Waals surface area contributed by atoms with E-state index in [1.54, 1.807) is 0 Å². The standard InChI is InChI=1S/C16H27BrN2S/c1-5-12(3)14-10-19(16(4,6-2)11-18-14)9-13-7-8-15(17)20-13/h7-8,12,14,18H,5-6,9-11H2,1-4H3. The Morgan fingerprint density at radius 3 is 2.80 bits per heavy atom. The van der Waals surface area contributed by atoms with Crippen LogP contribution in [-0.4, -0.2) is 29.6 Å². The summed E-state index contributed by atoms with van der Waals surface area (Å²) in [6.07, 6.45) is 2.44. The molecule has 3 atom stereocenters. The van der Waals surface area contributed by atoms with Crippen LogP contribution in [0.25, 0.3) is 0 Å². The minimum absolute atomic E-state index is 0.278. The first-order valence-electron chi connectivity index (χ1n) is 7.71. The van der Waals surface area contributed by atoms with Gasteiger partial charge < -0.3 is 5.32 Å². The second-order valence-electron chi connectivity index (χ2n) is 6.31. The van der Waals surface area contributed by atoms with Crippen molar-refractivity contribution in [2.75, 3.05) is 13.1 Å². The van der Waals surface area contributed by atoms with E-state index in [1.165, 1.54) is 21.5 Å². The lowest BCUT2D eigenvalue weighted by Gasteiger charge is -2.49. The molecule has 1 aromatic heterocycles. The number of rotatable bonds is 5. The van der Waals surface area contributed by atoms with Gasteiger partial charge in [-0.15, -0.1) is 11.3 Å². The summed E-state index contributed by atoms with van der Waals surface area (Å²) in [5, 5.41) is 3.78. The molecule has 1 N–H and O–H groups in total. The zero-order valence-corrected chi connectivity index (χ0v) is 15.5. The van der Waals surface area contributed by atoms with Gasteiger partial charge >= 0.3 is 0 Å². The lowest BCUT2D eigenvalue weighted by molar-refractivity contribution is 0.0302. The number of nitrogens with one attached hydrogen (secondary N) is 1. The molecule has 0 spiro atoms. The average molecular weight is 359 g/mol. The molecule has 0 radical (unpaired) electrons. The molecular weight excluding hydrogens is 332 g/mol. The quantitative estimate of drug-likeness (QED) is 0.833. The third-order valence-corrected chi connectivity index (χ3v) is 6.60. The average Bonchev–Trinajstić information content (AvgIpc) is 2.86. The van der Waals surface area contributed by atoms with Gasteiger partial charge in [0, 0.05) is 36.1 Å². The molecule has 2 nitrogen and oxygen atoms in total. The first kappa shape index (κ1) is 16.5. The summed E-state index contributed by atoms with van der Waals surface area (Å²) in [4.78, 5) is 4.15. The number of hydrogen-bond donors (Lipinski definition) is 1. The van der Waals surface area contributed by atoms with E-state index in [-0.39, 0.29) is 5.54 Å². The molecule has 1 aromatic rings. The van der Waals surface area contributed by atoms with Crippen LogP contribution in [0.1, 0.15) is 45.4 Å². The van der Waals surface area contributed by atoms with E-state index in [0.717, 1.165) is 25.6 Å². The number of hydrogen-bond acceptors (Lipinski definition) is 3. The molecule has 0 aromatic carbocycles. The molecule has 0 bridgehead atoms. The minimum atomic E-state index is 0.278. The van der Waals surface area contributed by atoms with Crippen LogP contribution in [0.4, 0.5) is 0 Å². The van der Waals surface area contributed by atoms with E-state index in [4.69, 9.17) is 0 Å². The predicted octanol–water partition coefficient (Wildman–Crippen LogP) is 4.50. The van der Waals surface area contributed by atoms with Gasteiger partial charge in [-0.1, -0.05) is 27.2 Å². The van der Waals surface area contributed by atoms with Crippen molar-refractivity contribution in [3.05, 3.63) is 20.8 Å². The summed E-state index contributed by atoms with van der Waals surface area (Å²) in [6, 6.07) is 5.05. The molecule has 2 rings (SSSR count). The molecule has 0 saturated carbocycles. The largest absolute Gasteiger partial charge is 0.311 e. The van der Waals surface area contributed by atoms with E-state index in [9.17, 15) is 0 Å². The van der Waals surface area contributed by atoms with E-state index in [1.807, 2.05) is 11.3 Å². The van der Waals surface area contributed by atoms with Gasteiger partial charge in [-0.2, -0.15) is 0 Å². The highest BCUT2D eigenvalue weighted by Crippen LogP contribution is 2.30. The van der Waals surface area contributed by atoms with Gasteiger partial charge in [-0.05, 0) is 47.3 Å². The van der Waals surface area contributed by atoms with Crippen molar-refractivity contribution in [2.45, 2.75) is 58.7 Å². The predicted molar refractivity (Wildman–Crippen MR) is 92.4 cm³/mol. The molecule has 2 heterocycles. The molecule has 4 heteroatoms. The van der Waals surface area contributed by atoms with Gasteiger partial charge in [0.25, 0.3) is 0 Å².